The van der Waals surface area contributed by atoms with Gasteiger partial charge in [-0.2, -0.15) is 0 Å². The molecule has 2 aliphatic heterocycles. The fraction of sp³-hybridized carbons (Fsp3) is 0.680. The Morgan fingerprint density at radius 2 is 1.97 bits per heavy atom. The number of nitrogens with one attached hydrogen (secondary N) is 1. The quantitative estimate of drug-likeness (QED) is 0.664. The highest BCUT2D eigenvalue weighted by atomic mass is 32.1. The van der Waals surface area contributed by atoms with Gasteiger partial charge in [0.2, 0.25) is 5.91 Å². The molecule has 2 aliphatic rings. The third-order valence-corrected chi connectivity index (χ3v) is 7.84. The maximum Gasteiger partial charge on any atom is 0.224 e. The Bertz CT molecular complexity index is 900. The molecule has 0 saturated carbocycles. The molecule has 0 aliphatic carbocycles. The molecule has 0 radical (unpaired) electrons. The van der Waals surface area contributed by atoms with E-state index in [9.17, 15) is 4.79 Å². The summed E-state index contributed by atoms with van der Waals surface area (Å²) in [5.41, 5.74) is 3.63. The molecule has 4 rings (SSSR count). The van der Waals surface area contributed by atoms with Crippen molar-refractivity contribution in [3.8, 4) is 0 Å². The summed E-state index contributed by atoms with van der Waals surface area (Å²) in [5, 5.41) is 4.28. The van der Waals surface area contributed by atoms with Gasteiger partial charge in [-0.1, -0.05) is 31.3 Å². The number of carbonyl (C=O) groups excluding carboxylic acids is 1. The molecule has 1 N–H and O–H groups in total. The van der Waals surface area contributed by atoms with Crippen molar-refractivity contribution in [3.63, 3.8) is 0 Å². The predicted octanol–water partition coefficient (Wildman–Crippen LogP) is 4.61. The molecule has 31 heavy (non-hydrogen) atoms. The molecule has 3 unspecified atom stereocenters. The average molecular weight is 443 g/mol. The van der Waals surface area contributed by atoms with E-state index in [0.29, 0.717) is 0 Å². The summed E-state index contributed by atoms with van der Waals surface area (Å²) in [6, 6.07) is 4.42. The van der Waals surface area contributed by atoms with Gasteiger partial charge in [-0.15, -0.1) is 0 Å². The highest BCUT2D eigenvalue weighted by Gasteiger charge is 2.27. The topological polar surface area (TPSA) is 48.5 Å². The van der Waals surface area contributed by atoms with Gasteiger partial charge < -0.3 is 15.1 Å². The van der Waals surface area contributed by atoms with Gasteiger partial charge in [0.1, 0.15) is 0 Å². The number of anilines is 1. The lowest BCUT2D eigenvalue weighted by Crippen LogP contribution is -2.44. The van der Waals surface area contributed by atoms with Crippen LogP contribution >= 0.6 is 11.3 Å². The Balaban J connectivity index is 1.27. The first-order valence-electron chi connectivity index (χ1n) is 12.0. The lowest BCUT2D eigenvalue weighted by atomic mass is 9.92. The van der Waals surface area contributed by atoms with Gasteiger partial charge in [0, 0.05) is 32.7 Å². The van der Waals surface area contributed by atoms with Crippen LogP contribution in [-0.4, -0.2) is 55.1 Å². The van der Waals surface area contributed by atoms with Crippen LogP contribution < -0.4 is 10.2 Å². The lowest BCUT2D eigenvalue weighted by Gasteiger charge is -2.35. The number of hydrogen-bond acceptors (Lipinski definition) is 5. The molecule has 1 aromatic carbocycles. The molecule has 6 heteroatoms. The van der Waals surface area contributed by atoms with Crippen LogP contribution in [0.1, 0.15) is 50.7 Å². The molecule has 5 nitrogen and oxygen atoms in total. The minimum absolute atomic E-state index is 0.0682. The molecule has 0 bridgehead atoms. The lowest BCUT2D eigenvalue weighted by molar-refractivity contribution is -0.125. The minimum Gasteiger partial charge on any atom is -0.356 e. The molecule has 2 aromatic rings. The van der Waals surface area contributed by atoms with Crippen molar-refractivity contribution in [3.05, 3.63) is 23.3 Å². The average Bonchev–Trinajstić information content (AvgIpc) is 3.15. The highest BCUT2D eigenvalue weighted by Crippen LogP contribution is 2.33. The maximum absolute atomic E-state index is 12.8. The molecular formula is C25H38N4OS. The minimum atomic E-state index is 0.0682. The van der Waals surface area contributed by atoms with E-state index in [1.807, 2.05) is 0 Å². The van der Waals surface area contributed by atoms with Crippen LogP contribution in [0.2, 0.25) is 0 Å². The van der Waals surface area contributed by atoms with Crippen LogP contribution in [0.4, 0.5) is 5.13 Å². The van der Waals surface area contributed by atoms with Crippen molar-refractivity contribution in [2.24, 2.45) is 17.8 Å². The molecule has 170 valence electrons. The molecule has 3 atom stereocenters. The SMILES string of the molecule is Cc1cc(C)c2nc(N3CCCC(C(=O)NCCCN4CC(C)CC(C)C4)C3)sc2c1. The van der Waals surface area contributed by atoms with E-state index in [0.717, 1.165) is 67.9 Å². The summed E-state index contributed by atoms with van der Waals surface area (Å²) in [5.74, 6) is 1.88. The first-order chi connectivity index (χ1) is 14.9. The van der Waals surface area contributed by atoms with Gasteiger partial charge in [-0.3, -0.25) is 4.79 Å². The second-order valence-electron chi connectivity index (χ2n) is 10.1. The van der Waals surface area contributed by atoms with E-state index >= 15 is 0 Å². The smallest absolute Gasteiger partial charge is 0.224 e. The number of piperidine rings is 2. The van der Waals surface area contributed by atoms with Gasteiger partial charge in [0.05, 0.1) is 16.1 Å². The molecule has 2 saturated heterocycles. The van der Waals surface area contributed by atoms with Gasteiger partial charge in [-0.05, 0) is 75.1 Å². The summed E-state index contributed by atoms with van der Waals surface area (Å²) < 4.78 is 1.25. The first kappa shape index (κ1) is 22.5. The van der Waals surface area contributed by atoms with Crippen LogP contribution in [0.25, 0.3) is 10.2 Å². The zero-order valence-corrected chi connectivity index (χ0v) is 20.4. The van der Waals surface area contributed by atoms with Gasteiger partial charge in [-0.25, -0.2) is 4.98 Å². The molecule has 3 heterocycles. The number of hydrogen-bond donors (Lipinski definition) is 1. The fourth-order valence-electron chi connectivity index (χ4n) is 5.49. The number of nitrogens with zero attached hydrogens (tertiary/aromatic N) is 3. The Labute approximate surface area is 191 Å². The summed E-state index contributed by atoms with van der Waals surface area (Å²) >= 11 is 1.76. The molecule has 1 aromatic heterocycles. The Kier molecular flexibility index (Phi) is 7.17. The third kappa shape index (κ3) is 5.58. The third-order valence-electron chi connectivity index (χ3n) is 6.78. The van der Waals surface area contributed by atoms with E-state index in [1.165, 1.54) is 35.3 Å². The van der Waals surface area contributed by atoms with Gasteiger partial charge in [0.25, 0.3) is 0 Å². The first-order valence-corrected chi connectivity index (χ1v) is 12.8. The second-order valence-corrected chi connectivity index (χ2v) is 11.1. The summed E-state index contributed by atoms with van der Waals surface area (Å²) in [7, 11) is 0. The largest absolute Gasteiger partial charge is 0.356 e. The number of fused-ring (bicyclic) bond motifs is 1. The van der Waals surface area contributed by atoms with Crippen molar-refractivity contribution in [1.82, 2.24) is 15.2 Å². The monoisotopic (exact) mass is 442 g/mol. The Morgan fingerprint density at radius 3 is 2.74 bits per heavy atom. The molecular weight excluding hydrogens is 404 g/mol. The maximum atomic E-state index is 12.8. The highest BCUT2D eigenvalue weighted by molar-refractivity contribution is 7.22. The fourth-order valence-corrected chi connectivity index (χ4v) is 6.67. The normalized spacial score (nSPS) is 25.2. The number of aryl methyl sites for hydroxylation is 2. The van der Waals surface area contributed by atoms with Crippen molar-refractivity contribution < 1.29 is 4.79 Å². The van der Waals surface area contributed by atoms with Crippen LogP contribution in [0.3, 0.4) is 0 Å². The Hall–Kier alpha value is -1.66. The standard InChI is InChI=1S/C25H38N4OS/c1-17-12-20(4)23-22(13-17)31-25(27-23)29-10-5-7-21(16-29)24(30)26-8-6-9-28-14-18(2)11-19(3)15-28/h12-13,18-19,21H,5-11,14-16H2,1-4H3,(H,26,30). The number of aromatic nitrogens is 1. The second kappa shape index (κ2) is 9.86. The number of benzene rings is 1. The number of likely N-dealkylation sites (tertiary alicyclic amines) is 1. The van der Waals surface area contributed by atoms with E-state index in [2.05, 4.69) is 54.9 Å². The van der Waals surface area contributed by atoms with E-state index in [-0.39, 0.29) is 11.8 Å². The van der Waals surface area contributed by atoms with Crippen LogP contribution in [0, 0.1) is 31.6 Å². The van der Waals surface area contributed by atoms with Crippen LogP contribution in [0.15, 0.2) is 12.1 Å². The number of rotatable bonds is 6. The van der Waals surface area contributed by atoms with Crippen molar-refractivity contribution in [1.29, 1.82) is 0 Å². The van der Waals surface area contributed by atoms with Crippen molar-refractivity contribution in [2.75, 3.05) is 44.2 Å². The van der Waals surface area contributed by atoms with Gasteiger partial charge in [0.15, 0.2) is 5.13 Å². The zero-order valence-electron chi connectivity index (χ0n) is 19.6. The van der Waals surface area contributed by atoms with E-state index in [1.54, 1.807) is 11.3 Å². The number of carbonyl (C=O) groups is 1. The number of thiazole rings is 1. The number of amides is 1. The van der Waals surface area contributed by atoms with E-state index in [4.69, 9.17) is 4.98 Å². The summed E-state index contributed by atoms with van der Waals surface area (Å²) in [6.07, 6.45) is 4.42. The van der Waals surface area contributed by atoms with Gasteiger partial charge >= 0.3 is 0 Å². The predicted molar refractivity (Wildman–Crippen MR) is 131 cm³/mol. The van der Waals surface area contributed by atoms with E-state index < -0.39 is 0 Å². The zero-order chi connectivity index (χ0) is 22.0. The molecule has 1 amide bonds. The molecule has 0 spiro atoms. The molecule has 2 fully saturated rings. The van der Waals surface area contributed by atoms with Crippen LogP contribution in [-0.2, 0) is 4.79 Å². The summed E-state index contributed by atoms with van der Waals surface area (Å²) in [6.45, 7) is 15.0. The summed E-state index contributed by atoms with van der Waals surface area (Å²) in [4.78, 5) is 22.6. The van der Waals surface area contributed by atoms with Crippen LogP contribution in [0.5, 0.6) is 0 Å². The van der Waals surface area contributed by atoms with Crippen molar-refractivity contribution in [2.45, 2.75) is 53.4 Å². The Morgan fingerprint density at radius 1 is 1.19 bits per heavy atom. The van der Waals surface area contributed by atoms with Crippen molar-refractivity contribution >= 4 is 32.6 Å².